The Hall–Kier alpha value is -2.37. The lowest BCUT2D eigenvalue weighted by Crippen LogP contribution is -2.20. The second-order valence-electron chi connectivity index (χ2n) is 3.74. The smallest absolute Gasteiger partial charge is 0.270 e. The summed E-state index contributed by atoms with van der Waals surface area (Å²) in [6.45, 7) is 1.98. The highest BCUT2D eigenvalue weighted by Crippen LogP contribution is 2.20. The van der Waals surface area contributed by atoms with Crippen molar-refractivity contribution < 1.29 is 9.72 Å². The van der Waals surface area contributed by atoms with Gasteiger partial charge in [-0.15, -0.1) is 0 Å². The molecule has 1 rings (SSSR count). The Morgan fingerprint density at radius 3 is 2.89 bits per heavy atom. The van der Waals surface area contributed by atoms with Gasteiger partial charge in [-0.25, -0.2) is 0 Å². The number of nitrogen functional groups attached to an aromatic ring is 1. The zero-order valence-corrected chi connectivity index (χ0v) is 10.1. The lowest BCUT2D eigenvalue weighted by molar-refractivity contribution is -0.384. The molecule has 6 heteroatoms. The van der Waals surface area contributed by atoms with Gasteiger partial charge < -0.3 is 11.1 Å². The summed E-state index contributed by atoms with van der Waals surface area (Å²) >= 11 is 0. The van der Waals surface area contributed by atoms with E-state index in [0.717, 1.165) is 0 Å². The zero-order valence-electron chi connectivity index (χ0n) is 10.1. The molecule has 3 N–H and O–H groups in total. The van der Waals surface area contributed by atoms with Crippen molar-refractivity contribution >= 4 is 23.4 Å². The fraction of sp³-hybridized carbons (Fsp3) is 0.250. The average Bonchev–Trinajstić information content (AvgIpc) is 2.30. The van der Waals surface area contributed by atoms with E-state index in [-0.39, 0.29) is 11.6 Å². The van der Waals surface area contributed by atoms with Crippen LogP contribution in [0.3, 0.4) is 0 Å². The van der Waals surface area contributed by atoms with Gasteiger partial charge >= 0.3 is 0 Å². The number of nitrogens with zero attached hydrogens (tertiary/aromatic N) is 1. The van der Waals surface area contributed by atoms with Crippen molar-refractivity contribution in [3.05, 3.63) is 40.0 Å². The second-order valence-corrected chi connectivity index (χ2v) is 3.74. The number of benzene rings is 1. The van der Waals surface area contributed by atoms with Crippen LogP contribution in [-0.4, -0.2) is 17.4 Å². The van der Waals surface area contributed by atoms with Crippen LogP contribution in [0.2, 0.25) is 0 Å². The molecule has 0 unspecified atom stereocenters. The van der Waals surface area contributed by atoms with Crippen molar-refractivity contribution in [2.45, 2.75) is 13.3 Å². The summed E-state index contributed by atoms with van der Waals surface area (Å²) in [7, 11) is 0. The molecule has 1 amide bonds. The number of nitro groups is 1. The van der Waals surface area contributed by atoms with Crippen LogP contribution in [-0.2, 0) is 4.79 Å². The Morgan fingerprint density at radius 1 is 1.56 bits per heavy atom. The molecule has 0 fully saturated rings. The Balaban J connectivity index is 2.65. The summed E-state index contributed by atoms with van der Waals surface area (Å²) in [5.74, 6) is -0.0849. The SMILES string of the molecule is CC(=O)NCCC=Cc1cc([N+](=O)[O-])ccc1N. The van der Waals surface area contributed by atoms with E-state index in [2.05, 4.69) is 5.32 Å². The van der Waals surface area contributed by atoms with E-state index in [1.165, 1.54) is 25.1 Å². The van der Waals surface area contributed by atoms with Crippen molar-refractivity contribution in [3.63, 3.8) is 0 Å². The summed E-state index contributed by atoms with van der Waals surface area (Å²) in [4.78, 5) is 20.8. The van der Waals surface area contributed by atoms with Gasteiger partial charge in [-0.2, -0.15) is 0 Å². The van der Waals surface area contributed by atoms with Crippen molar-refractivity contribution in [1.29, 1.82) is 0 Å². The molecule has 96 valence electrons. The predicted octanol–water partition coefficient (Wildman–Crippen LogP) is 1.72. The molecular weight excluding hydrogens is 234 g/mol. The number of nitrogens with two attached hydrogens (primary N) is 1. The fourth-order valence-corrected chi connectivity index (χ4v) is 1.36. The number of nitrogens with one attached hydrogen (secondary N) is 1. The van der Waals surface area contributed by atoms with Gasteiger partial charge in [0.15, 0.2) is 0 Å². The first-order valence-corrected chi connectivity index (χ1v) is 5.45. The van der Waals surface area contributed by atoms with Crippen molar-refractivity contribution in [2.24, 2.45) is 0 Å². The molecule has 6 nitrogen and oxygen atoms in total. The number of non-ortho nitro benzene ring substituents is 1. The first-order valence-electron chi connectivity index (χ1n) is 5.45. The van der Waals surface area contributed by atoms with E-state index < -0.39 is 4.92 Å². The van der Waals surface area contributed by atoms with Gasteiger partial charge in [0.2, 0.25) is 5.91 Å². The first-order chi connectivity index (χ1) is 8.50. The number of nitro benzene ring substituents is 1. The fourth-order valence-electron chi connectivity index (χ4n) is 1.36. The lowest BCUT2D eigenvalue weighted by Gasteiger charge is -2.00. The molecule has 0 aliphatic rings. The predicted molar refractivity (Wildman–Crippen MR) is 69.8 cm³/mol. The van der Waals surface area contributed by atoms with Crippen molar-refractivity contribution in [1.82, 2.24) is 5.32 Å². The van der Waals surface area contributed by atoms with E-state index >= 15 is 0 Å². The molecule has 1 aromatic rings. The maximum absolute atomic E-state index is 10.6. The maximum atomic E-state index is 10.6. The molecule has 18 heavy (non-hydrogen) atoms. The van der Waals surface area contributed by atoms with Crippen molar-refractivity contribution in [2.75, 3.05) is 12.3 Å². The molecule has 0 aromatic heterocycles. The molecule has 0 atom stereocenters. The van der Waals surface area contributed by atoms with Gasteiger partial charge in [0, 0.05) is 36.9 Å². The summed E-state index contributed by atoms with van der Waals surface area (Å²) < 4.78 is 0. The molecular formula is C12H15N3O3. The Bertz CT molecular complexity index is 483. The first kappa shape index (κ1) is 13.7. The van der Waals surface area contributed by atoms with E-state index in [0.29, 0.717) is 24.2 Å². The average molecular weight is 249 g/mol. The minimum Gasteiger partial charge on any atom is -0.398 e. The van der Waals surface area contributed by atoms with E-state index in [1.54, 1.807) is 6.08 Å². The summed E-state index contributed by atoms with van der Waals surface area (Å²) in [6, 6.07) is 4.29. The van der Waals surface area contributed by atoms with Crippen LogP contribution in [0.25, 0.3) is 6.08 Å². The minimum absolute atomic E-state index is 0.00529. The standard InChI is InChI=1S/C12H15N3O3/c1-9(16)14-7-3-2-4-10-8-11(15(17)18)5-6-12(10)13/h2,4-6,8H,3,7,13H2,1H3,(H,14,16). The topological polar surface area (TPSA) is 98.3 Å². The van der Waals surface area contributed by atoms with E-state index in [9.17, 15) is 14.9 Å². The minimum atomic E-state index is -0.464. The molecule has 1 aromatic carbocycles. The monoisotopic (exact) mass is 249 g/mol. The third kappa shape index (κ3) is 4.25. The molecule has 0 heterocycles. The number of carbonyl (C=O) groups excluding carboxylic acids is 1. The highest BCUT2D eigenvalue weighted by molar-refractivity contribution is 5.72. The molecule has 0 aliphatic carbocycles. The van der Waals surface area contributed by atoms with Crippen LogP contribution >= 0.6 is 0 Å². The van der Waals surface area contributed by atoms with Crippen LogP contribution in [0.4, 0.5) is 11.4 Å². The van der Waals surface area contributed by atoms with E-state index in [4.69, 9.17) is 5.73 Å². The largest absolute Gasteiger partial charge is 0.398 e. The van der Waals surface area contributed by atoms with Crippen LogP contribution in [0.1, 0.15) is 18.9 Å². The van der Waals surface area contributed by atoms with Crippen LogP contribution < -0.4 is 11.1 Å². The molecule has 0 saturated heterocycles. The number of hydrogen-bond donors (Lipinski definition) is 2. The zero-order chi connectivity index (χ0) is 13.5. The third-order valence-corrected chi connectivity index (χ3v) is 2.26. The molecule has 0 saturated carbocycles. The number of rotatable bonds is 5. The normalized spacial score (nSPS) is 10.5. The summed E-state index contributed by atoms with van der Waals surface area (Å²) in [6.07, 6.45) is 4.16. The summed E-state index contributed by atoms with van der Waals surface area (Å²) in [5, 5.41) is 13.3. The van der Waals surface area contributed by atoms with Gasteiger partial charge in [-0.05, 0) is 12.5 Å². The highest BCUT2D eigenvalue weighted by atomic mass is 16.6. The Morgan fingerprint density at radius 2 is 2.28 bits per heavy atom. The van der Waals surface area contributed by atoms with Crippen LogP contribution in [0.5, 0.6) is 0 Å². The highest BCUT2D eigenvalue weighted by Gasteiger charge is 2.06. The number of amides is 1. The third-order valence-electron chi connectivity index (χ3n) is 2.26. The number of carbonyl (C=O) groups is 1. The molecule has 0 aliphatic heterocycles. The van der Waals surface area contributed by atoms with Crippen LogP contribution in [0.15, 0.2) is 24.3 Å². The summed E-state index contributed by atoms with van der Waals surface area (Å²) in [5.41, 5.74) is 6.80. The lowest BCUT2D eigenvalue weighted by atomic mass is 10.1. The maximum Gasteiger partial charge on any atom is 0.270 e. The van der Waals surface area contributed by atoms with Crippen molar-refractivity contribution in [3.8, 4) is 0 Å². The number of hydrogen-bond acceptors (Lipinski definition) is 4. The Kier molecular flexibility index (Phi) is 4.86. The molecule has 0 spiro atoms. The van der Waals surface area contributed by atoms with Gasteiger partial charge in [0.1, 0.15) is 0 Å². The second kappa shape index (κ2) is 6.39. The quantitative estimate of drug-likeness (QED) is 0.359. The van der Waals surface area contributed by atoms with Gasteiger partial charge in [0.25, 0.3) is 5.69 Å². The molecule has 0 radical (unpaired) electrons. The van der Waals surface area contributed by atoms with Gasteiger partial charge in [0.05, 0.1) is 4.92 Å². The number of anilines is 1. The van der Waals surface area contributed by atoms with Gasteiger partial charge in [-0.1, -0.05) is 12.2 Å². The Labute approximate surface area is 105 Å². The van der Waals surface area contributed by atoms with Gasteiger partial charge in [-0.3, -0.25) is 14.9 Å². The molecule has 0 bridgehead atoms. The van der Waals surface area contributed by atoms with E-state index in [1.807, 2.05) is 6.08 Å². The van der Waals surface area contributed by atoms with Crippen LogP contribution in [0, 0.1) is 10.1 Å².